The smallest absolute Gasteiger partial charge is 0.407 e. The lowest BCUT2D eigenvalue weighted by Crippen LogP contribution is -2.33. The van der Waals surface area contributed by atoms with Gasteiger partial charge < -0.3 is 19.5 Å². The van der Waals surface area contributed by atoms with Crippen LogP contribution in [0.5, 0.6) is 0 Å². The Morgan fingerprint density at radius 3 is 2.60 bits per heavy atom. The van der Waals surface area contributed by atoms with Crippen molar-refractivity contribution in [3.63, 3.8) is 0 Å². The number of carbonyl (C=O) groups excluding carboxylic acids is 1. The second kappa shape index (κ2) is 19.6. The third-order valence-corrected chi connectivity index (χ3v) is 8.11. The molecule has 1 aliphatic heterocycles. The zero-order valence-corrected chi connectivity index (χ0v) is 25.8. The summed E-state index contributed by atoms with van der Waals surface area (Å²) < 4.78 is 17.9. The van der Waals surface area contributed by atoms with E-state index in [1.807, 2.05) is 13.0 Å². The van der Waals surface area contributed by atoms with Crippen LogP contribution in [0.25, 0.3) is 0 Å². The van der Waals surface area contributed by atoms with E-state index in [1.165, 1.54) is 19.3 Å². The minimum absolute atomic E-state index is 0.0179. The van der Waals surface area contributed by atoms with Crippen molar-refractivity contribution in [2.45, 2.75) is 97.5 Å². The van der Waals surface area contributed by atoms with Gasteiger partial charge in [0.1, 0.15) is 24.2 Å². The Hall–Kier alpha value is -2.47. The van der Waals surface area contributed by atoms with Crippen molar-refractivity contribution in [2.24, 2.45) is 11.8 Å². The van der Waals surface area contributed by atoms with Gasteiger partial charge in [0.2, 0.25) is 0 Å². The highest BCUT2D eigenvalue weighted by Gasteiger charge is 2.29. The fourth-order valence-corrected chi connectivity index (χ4v) is 5.80. The van der Waals surface area contributed by atoms with E-state index in [4.69, 9.17) is 14.2 Å². The summed E-state index contributed by atoms with van der Waals surface area (Å²) in [6.45, 7) is 19.0. The molecule has 0 bridgehead atoms. The van der Waals surface area contributed by atoms with Gasteiger partial charge in [0.25, 0.3) is 0 Å². The zero-order valence-electron chi connectivity index (χ0n) is 25.8. The molecular weight excluding hydrogens is 500 g/mol. The first-order valence-corrected chi connectivity index (χ1v) is 15.6. The fraction of sp³-hybridized carbons (Fsp3) is 0.676. The molecular formula is C34H56N2O4. The number of ether oxygens (including phenoxy) is 3. The number of methoxy groups -OCH3 is 1. The predicted molar refractivity (Wildman–Crippen MR) is 166 cm³/mol. The van der Waals surface area contributed by atoms with Crippen LogP contribution in [0.15, 0.2) is 60.1 Å². The second-order valence-electron chi connectivity index (χ2n) is 11.3. The topological polar surface area (TPSA) is 60.0 Å². The number of carbonyl (C=O) groups is 1. The molecule has 226 valence electrons. The Bertz CT molecular complexity index is 869. The van der Waals surface area contributed by atoms with Crippen LogP contribution < -0.4 is 5.32 Å². The molecule has 1 saturated heterocycles. The number of piperidine rings is 1. The fourth-order valence-electron chi connectivity index (χ4n) is 5.80. The normalized spacial score (nSPS) is 21.6. The molecule has 1 heterocycles. The average Bonchev–Trinajstić information content (AvgIpc) is 3.40. The Balaban J connectivity index is 1.93. The van der Waals surface area contributed by atoms with Crippen molar-refractivity contribution < 1.29 is 19.0 Å². The average molecular weight is 557 g/mol. The van der Waals surface area contributed by atoms with E-state index in [9.17, 15) is 4.79 Å². The maximum atomic E-state index is 12.3. The maximum Gasteiger partial charge on any atom is 0.407 e. The highest BCUT2D eigenvalue weighted by molar-refractivity contribution is 5.67. The molecule has 1 aliphatic carbocycles. The van der Waals surface area contributed by atoms with E-state index in [0.717, 1.165) is 87.2 Å². The molecule has 1 amide bonds. The lowest BCUT2D eigenvalue weighted by molar-refractivity contribution is 0.0727. The van der Waals surface area contributed by atoms with Crippen LogP contribution in [0, 0.1) is 11.8 Å². The summed E-state index contributed by atoms with van der Waals surface area (Å²) >= 11 is 0. The van der Waals surface area contributed by atoms with Gasteiger partial charge in [0.05, 0.1) is 7.11 Å². The van der Waals surface area contributed by atoms with Gasteiger partial charge in [-0.3, -0.25) is 4.90 Å². The Labute approximate surface area is 244 Å². The van der Waals surface area contributed by atoms with E-state index >= 15 is 0 Å². The van der Waals surface area contributed by atoms with Crippen LogP contribution >= 0.6 is 0 Å². The van der Waals surface area contributed by atoms with Crippen molar-refractivity contribution in [1.29, 1.82) is 0 Å². The molecule has 2 rings (SSSR count). The summed E-state index contributed by atoms with van der Waals surface area (Å²) in [5, 5.41) is 2.96. The molecule has 1 N–H and O–H groups in total. The van der Waals surface area contributed by atoms with Gasteiger partial charge >= 0.3 is 6.09 Å². The summed E-state index contributed by atoms with van der Waals surface area (Å²) in [5.41, 5.74) is 1.76. The van der Waals surface area contributed by atoms with Crippen LogP contribution in [0.2, 0.25) is 0 Å². The van der Waals surface area contributed by atoms with Gasteiger partial charge in [-0.1, -0.05) is 58.1 Å². The van der Waals surface area contributed by atoms with Crippen LogP contribution in [0.1, 0.15) is 91.4 Å². The summed E-state index contributed by atoms with van der Waals surface area (Å²) in [6.07, 6.45) is 19.8. The van der Waals surface area contributed by atoms with Gasteiger partial charge in [0, 0.05) is 24.2 Å². The monoisotopic (exact) mass is 556 g/mol. The first kappa shape index (κ1) is 33.7. The van der Waals surface area contributed by atoms with E-state index in [0.29, 0.717) is 31.4 Å². The second-order valence-corrected chi connectivity index (χ2v) is 11.3. The Kier molecular flexibility index (Phi) is 16.5. The number of allylic oxidation sites excluding steroid dienone is 5. The molecule has 6 nitrogen and oxygen atoms in total. The molecule has 0 aromatic rings. The van der Waals surface area contributed by atoms with Crippen LogP contribution in [0.4, 0.5) is 4.79 Å². The minimum Gasteiger partial charge on any atom is -0.497 e. The molecule has 1 saturated carbocycles. The van der Waals surface area contributed by atoms with E-state index in [2.05, 4.69) is 49.4 Å². The van der Waals surface area contributed by atoms with Gasteiger partial charge in [-0.05, 0) is 95.7 Å². The number of amides is 1. The minimum atomic E-state index is -0.265. The van der Waals surface area contributed by atoms with Gasteiger partial charge in [0.15, 0.2) is 0 Å². The van der Waals surface area contributed by atoms with Crippen LogP contribution in [-0.2, 0) is 14.2 Å². The third-order valence-electron chi connectivity index (χ3n) is 8.11. The third kappa shape index (κ3) is 12.0. The van der Waals surface area contributed by atoms with E-state index < -0.39 is 0 Å². The van der Waals surface area contributed by atoms with Crippen molar-refractivity contribution in [3.8, 4) is 0 Å². The van der Waals surface area contributed by atoms with E-state index in [1.54, 1.807) is 13.2 Å². The SMILES string of the molecule is C=CC(=C)C(OCCN1CCCCC1)=C(CC=CCCC1CCCC1OC(=O)NCC(C)CCC)C(=CC)OC. The first-order valence-electron chi connectivity index (χ1n) is 15.6. The molecule has 0 aromatic heterocycles. The number of hydrogen-bond acceptors (Lipinski definition) is 5. The molecule has 0 spiro atoms. The summed E-state index contributed by atoms with van der Waals surface area (Å²) in [6, 6.07) is 0. The number of alkyl carbamates (subject to hydrolysis) is 1. The Morgan fingerprint density at radius 2 is 1.93 bits per heavy atom. The molecule has 2 aliphatic rings. The molecule has 3 unspecified atom stereocenters. The van der Waals surface area contributed by atoms with Crippen molar-refractivity contribution in [2.75, 3.05) is 39.9 Å². The Morgan fingerprint density at radius 1 is 1.15 bits per heavy atom. The predicted octanol–water partition coefficient (Wildman–Crippen LogP) is 8.09. The highest BCUT2D eigenvalue weighted by atomic mass is 16.6. The molecule has 2 fully saturated rings. The number of nitrogens with one attached hydrogen (secondary N) is 1. The molecule has 40 heavy (non-hydrogen) atoms. The standard InChI is InChI=1S/C34H56N2O4/c1-7-17-27(4)26-35-34(37)40-32-21-16-19-29(32)18-12-10-13-20-30(31(9-3)38-6)33(28(5)8-2)39-25-24-36-22-14-11-15-23-36/h8-10,13,27,29,32H,2,5,7,11-12,14-26H2,1,3-4,6H3,(H,35,37). The van der Waals surface area contributed by atoms with Gasteiger partial charge in [-0.2, -0.15) is 0 Å². The lowest BCUT2D eigenvalue weighted by Gasteiger charge is -2.27. The lowest BCUT2D eigenvalue weighted by atomic mass is 9.98. The zero-order chi connectivity index (χ0) is 29.2. The molecule has 0 aromatic carbocycles. The van der Waals surface area contributed by atoms with E-state index in [-0.39, 0.29) is 12.2 Å². The molecule has 0 radical (unpaired) electrons. The summed E-state index contributed by atoms with van der Waals surface area (Å²) in [4.78, 5) is 14.8. The van der Waals surface area contributed by atoms with Gasteiger partial charge in [-0.15, -0.1) is 0 Å². The largest absolute Gasteiger partial charge is 0.497 e. The number of nitrogens with zero attached hydrogens (tertiary/aromatic N) is 1. The van der Waals surface area contributed by atoms with Crippen LogP contribution in [-0.4, -0.2) is 57.0 Å². The summed E-state index contributed by atoms with van der Waals surface area (Å²) in [5.74, 6) is 2.45. The van der Waals surface area contributed by atoms with Gasteiger partial charge in [-0.25, -0.2) is 4.79 Å². The maximum absolute atomic E-state index is 12.3. The summed E-state index contributed by atoms with van der Waals surface area (Å²) in [7, 11) is 1.70. The van der Waals surface area contributed by atoms with Crippen LogP contribution in [0.3, 0.4) is 0 Å². The molecule has 3 atom stereocenters. The number of likely N-dealkylation sites (tertiary alicyclic amines) is 1. The van der Waals surface area contributed by atoms with Crippen molar-refractivity contribution >= 4 is 6.09 Å². The molecule has 6 heteroatoms. The van der Waals surface area contributed by atoms with Crippen molar-refractivity contribution in [3.05, 3.63) is 60.1 Å². The van der Waals surface area contributed by atoms with Crippen molar-refractivity contribution in [1.82, 2.24) is 10.2 Å². The quantitative estimate of drug-likeness (QED) is 0.105. The number of hydrogen-bond donors (Lipinski definition) is 1. The highest BCUT2D eigenvalue weighted by Crippen LogP contribution is 2.32. The number of rotatable bonds is 18. The first-order chi connectivity index (χ1) is 19.4.